The average Bonchev–Trinajstić information content (AvgIpc) is 2.41. The minimum atomic E-state index is 0.266. The molecule has 0 N–H and O–H groups in total. The standard InChI is InChI=1S/C18H35Cl/c1-3-5-7-9-11-13-15-17-18(19)16-14-12-10-8-6-4-2/h15,17-18H,3-14,16H2,1-2H3. The molecule has 0 nitrogen and oxygen atoms in total. The summed E-state index contributed by atoms with van der Waals surface area (Å²) in [6.07, 6.45) is 21.9. The Bertz CT molecular complexity index is 186. The zero-order valence-corrected chi connectivity index (χ0v) is 14.1. The van der Waals surface area contributed by atoms with Gasteiger partial charge in [-0.15, -0.1) is 11.6 Å². The number of rotatable bonds is 14. The molecule has 19 heavy (non-hydrogen) atoms. The molecule has 0 aliphatic heterocycles. The van der Waals surface area contributed by atoms with E-state index < -0.39 is 0 Å². The smallest absolute Gasteiger partial charge is 0.0516 e. The third kappa shape index (κ3) is 16.0. The number of unbranched alkanes of at least 4 members (excludes halogenated alkanes) is 10. The molecule has 0 aromatic carbocycles. The third-order valence-corrected chi connectivity index (χ3v) is 4.02. The van der Waals surface area contributed by atoms with Gasteiger partial charge in [0.15, 0.2) is 0 Å². The summed E-state index contributed by atoms with van der Waals surface area (Å²) >= 11 is 6.30. The first-order valence-corrected chi connectivity index (χ1v) is 9.05. The Balaban J connectivity index is 3.25. The van der Waals surface area contributed by atoms with E-state index in [9.17, 15) is 0 Å². The Labute approximate surface area is 127 Å². The van der Waals surface area contributed by atoms with Gasteiger partial charge in [-0.25, -0.2) is 0 Å². The monoisotopic (exact) mass is 286 g/mol. The second-order valence-corrected chi connectivity index (χ2v) is 6.26. The van der Waals surface area contributed by atoms with Crippen molar-refractivity contribution in [1.82, 2.24) is 0 Å². The minimum absolute atomic E-state index is 0.266. The van der Waals surface area contributed by atoms with Crippen LogP contribution in [0.15, 0.2) is 12.2 Å². The van der Waals surface area contributed by atoms with Crippen molar-refractivity contribution in [3.63, 3.8) is 0 Å². The zero-order valence-electron chi connectivity index (χ0n) is 13.3. The molecule has 0 saturated heterocycles. The molecular formula is C18H35Cl. The predicted molar refractivity (Wildman–Crippen MR) is 90.2 cm³/mol. The Morgan fingerprint density at radius 3 is 1.89 bits per heavy atom. The summed E-state index contributed by atoms with van der Waals surface area (Å²) in [7, 11) is 0. The van der Waals surface area contributed by atoms with E-state index in [-0.39, 0.29) is 5.38 Å². The number of alkyl halides is 1. The van der Waals surface area contributed by atoms with Gasteiger partial charge in [0.1, 0.15) is 0 Å². The SMILES string of the molecule is CCCCCCCC=CC(Cl)CCCCCCCC. The summed E-state index contributed by atoms with van der Waals surface area (Å²) in [4.78, 5) is 0. The van der Waals surface area contributed by atoms with E-state index in [0.717, 1.165) is 6.42 Å². The summed E-state index contributed by atoms with van der Waals surface area (Å²) < 4.78 is 0. The van der Waals surface area contributed by atoms with Crippen LogP contribution >= 0.6 is 11.6 Å². The van der Waals surface area contributed by atoms with E-state index in [1.807, 2.05) is 0 Å². The molecule has 0 aliphatic carbocycles. The highest BCUT2D eigenvalue weighted by Gasteiger charge is 1.99. The molecule has 1 atom stereocenters. The molecule has 0 fully saturated rings. The van der Waals surface area contributed by atoms with Crippen LogP contribution in [0.25, 0.3) is 0 Å². The largest absolute Gasteiger partial charge is 0.118 e. The maximum Gasteiger partial charge on any atom is 0.0516 e. The number of halogens is 1. The Hall–Kier alpha value is 0.0300. The van der Waals surface area contributed by atoms with E-state index in [1.54, 1.807) is 0 Å². The fraction of sp³-hybridized carbons (Fsp3) is 0.889. The first-order valence-electron chi connectivity index (χ1n) is 8.62. The van der Waals surface area contributed by atoms with Crippen molar-refractivity contribution < 1.29 is 0 Å². The van der Waals surface area contributed by atoms with Gasteiger partial charge in [0.25, 0.3) is 0 Å². The van der Waals surface area contributed by atoms with Gasteiger partial charge in [-0.05, 0) is 19.3 Å². The van der Waals surface area contributed by atoms with Crippen LogP contribution in [0.4, 0.5) is 0 Å². The quantitative estimate of drug-likeness (QED) is 0.179. The van der Waals surface area contributed by atoms with Gasteiger partial charge >= 0.3 is 0 Å². The molecule has 0 bridgehead atoms. The van der Waals surface area contributed by atoms with Gasteiger partial charge in [-0.2, -0.15) is 0 Å². The molecule has 0 heterocycles. The summed E-state index contributed by atoms with van der Waals surface area (Å²) in [5.41, 5.74) is 0. The third-order valence-electron chi connectivity index (χ3n) is 3.65. The van der Waals surface area contributed by atoms with Crippen molar-refractivity contribution in [3.8, 4) is 0 Å². The molecule has 114 valence electrons. The lowest BCUT2D eigenvalue weighted by Crippen LogP contribution is -1.93. The van der Waals surface area contributed by atoms with Gasteiger partial charge in [-0.3, -0.25) is 0 Å². The lowest BCUT2D eigenvalue weighted by atomic mass is 10.1. The summed E-state index contributed by atoms with van der Waals surface area (Å²) in [6.45, 7) is 4.53. The Morgan fingerprint density at radius 1 is 0.737 bits per heavy atom. The molecule has 1 heteroatoms. The van der Waals surface area contributed by atoms with Crippen molar-refractivity contribution in [1.29, 1.82) is 0 Å². The van der Waals surface area contributed by atoms with E-state index in [0.29, 0.717) is 0 Å². The molecule has 0 aliphatic rings. The van der Waals surface area contributed by atoms with Crippen molar-refractivity contribution >= 4 is 11.6 Å². The minimum Gasteiger partial charge on any atom is -0.118 e. The van der Waals surface area contributed by atoms with Gasteiger partial charge in [-0.1, -0.05) is 90.2 Å². The molecule has 0 aromatic rings. The topological polar surface area (TPSA) is 0 Å². The molecule has 0 rings (SSSR count). The van der Waals surface area contributed by atoms with E-state index in [4.69, 9.17) is 11.6 Å². The maximum atomic E-state index is 6.30. The van der Waals surface area contributed by atoms with Gasteiger partial charge in [0, 0.05) is 0 Å². The Morgan fingerprint density at radius 2 is 1.26 bits per heavy atom. The van der Waals surface area contributed by atoms with Crippen LogP contribution < -0.4 is 0 Å². The van der Waals surface area contributed by atoms with Crippen molar-refractivity contribution in [3.05, 3.63) is 12.2 Å². The van der Waals surface area contributed by atoms with Gasteiger partial charge < -0.3 is 0 Å². The highest BCUT2D eigenvalue weighted by molar-refractivity contribution is 6.21. The van der Waals surface area contributed by atoms with Crippen LogP contribution in [0.1, 0.15) is 97.3 Å². The molecule has 0 amide bonds. The Kier molecular flexibility index (Phi) is 16.1. The summed E-state index contributed by atoms with van der Waals surface area (Å²) in [5, 5.41) is 0.266. The number of hydrogen-bond acceptors (Lipinski definition) is 0. The molecule has 0 aromatic heterocycles. The summed E-state index contributed by atoms with van der Waals surface area (Å²) in [6, 6.07) is 0. The number of allylic oxidation sites excluding steroid dienone is 2. The summed E-state index contributed by atoms with van der Waals surface area (Å²) in [5.74, 6) is 0. The fourth-order valence-electron chi connectivity index (χ4n) is 2.33. The highest BCUT2D eigenvalue weighted by atomic mass is 35.5. The van der Waals surface area contributed by atoms with Crippen LogP contribution in [0, 0.1) is 0 Å². The molecular weight excluding hydrogens is 252 g/mol. The maximum absolute atomic E-state index is 6.30. The van der Waals surface area contributed by atoms with Crippen molar-refractivity contribution in [2.45, 2.75) is 103 Å². The highest BCUT2D eigenvalue weighted by Crippen LogP contribution is 2.13. The molecule has 0 radical (unpaired) electrons. The van der Waals surface area contributed by atoms with Crippen LogP contribution in [0.5, 0.6) is 0 Å². The van der Waals surface area contributed by atoms with Crippen molar-refractivity contribution in [2.75, 3.05) is 0 Å². The number of hydrogen-bond donors (Lipinski definition) is 0. The first kappa shape index (κ1) is 19.0. The molecule has 0 saturated carbocycles. The van der Waals surface area contributed by atoms with Crippen LogP contribution in [0.3, 0.4) is 0 Å². The van der Waals surface area contributed by atoms with Crippen LogP contribution in [0.2, 0.25) is 0 Å². The average molecular weight is 287 g/mol. The normalized spacial score (nSPS) is 13.2. The van der Waals surface area contributed by atoms with Crippen LogP contribution in [-0.4, -0.2) is 5.38 Å². The second-order valence-electron chi connectivity index (χ2n) is 5.70. The van der Waals surface area contributed by atoms with Crippen molar-refractivity contribution in [2.24, 2.45) is 0 Å². The van der Waals surface area contributed by atoms with Gasteiger partial charge in [0.2, 0.25) is 0 Å². The van der Waals surface area contributed by atoms with Gasteiger partial charge in [0.05, 0.1) is 5.38 Å². The lowest BCUT2D eigenvalue weighted by molar-refractivity contribution is 0.593. The fourth-order valence-corrected chi connectivity index (χ4v) is 2.58. The zero-order chi connectivity index (χ0) is 14.2. The lowest BCUT2D eigenvalue weighted by Gasteiger charge is -2.04. The molecule has 0 spiro atoms. The van der Waals surface area contributed by atoms with E-state index >= 15 is 0 Å². The van der Waals surface area contributed by atoms with Crippen LogP contribution in [-0.2, 0) is 0 Å². The second kappa shape index (κ2) is 16.1. The van der Waals surface area contributed by atoms with E-state index in [2.05, 4.69) is 26.0 Å². The predicted octanol–water partition coefficient (Wildman–Crippen LogP) is 7.26. The van der Waals surface area contributed by atoms with E-state index in [1.165, 1.54) is 77.0 Å². The first-order chi connectivity index (χ1) is 9.31. The molecule has 1 unspecified atom stereocenters.